The summed E-state index contributed by atoms with van der Waals surface area (Å²) in [7, 11) is 0. The summed E-state index contributed by atoms with van der Waals surface area (Å²) in [5.41, 5.74) is 0.476. The fourth-order valence-electron chi connectivity index (χ4n) is 1.43. The molecule has 1 rings (SSSR count). The summed E-state index contributed by atoms with van der Waals surface area (Å²) in [5, 5.41) is 3.20. The van der Waals surface area contributed by atoms with Crippen molar-refractivity contribution in [3.63, 3.8) is 0 Å². The normalized spacial score (nSPS) is 24.3. The largest absolute Gasteiger partial charge is 0.311 e. The molecule has 0 aromatic rings. The fourth-order valence-corrected chi connectivity index (χ4v) is 1.43. The summed E-state index contributed by atoms with van der Waals surface area (Å²) in [6, 6.07) is 0.0347. The van der Waals surface area contributed by atoms with Gasteiger partial charge in [-0.05, 0) is 25.2 Å². The Bertz CT molecular complexity index is 121. The molecule has 1 N–H and O–H groups in total. The average molecular weight is 159 g/mol. The van der Waals surface area contributed by atoms with E-state index in [1.165, 1.54) is 19.3 Å². The number of halogens is 1. The van der Waals surface area contributed by atoms with Crippen molar-refractivity contribution in [1.29, 1.82) is 0 Å². The highest BCUT2D eigenvalue weighted by Gasteiger charge is 2.31. The van der Waals surface area contributed by atoms with Crippen LogP contribution in [0.1, 0.15) is 33.1 Å². The number of nitrogens with one attached hydrogen (secondary N) is 1. The van der Waals surface area contributed by atoms with Gasteiger partial charge in [0.25, 0.3) is 0 Å². The molecule has 1 fully saturated rings. The van der Waals surface area contributed by atoms with Crippen LogP contribution in [-0.4, -0.2) is 19.3 Å². The standard InChI is InChI=1S/C9H18FN/c1-8(6-10)11-7-9(2)4-3-5-9/h8,11H,3-7H2,1-2H3. The minimum Gasteiger partial charge on any atom is -0.311 e. The minimum absolute atomic E-state index is 0.0347. The Morgan fingerprint density at radius 2 is 2.18 bits per heavy atom. The van der Waals surface area contributed by atoms with Crippen molar-refractivity contribution in [2.45, 2.75) is 39.2 Å². The predicted molar refractivity (Wildman–Crippen MR) is 45.4 cm³/mol. The number of hydrogen-bond acceptors (Lipinski definition) is 1. The molecule has 0 amide bonds. The van der Waals surface area contributed by atoms with Crippen LogP contribution in [0.5, 0.6) is 0 Å². The number of hydrogen-bond donors (Lipinski definition) is 1. The monoisotopic (exact) mass is 159 g/mol. The van der Waals surface area contributed by atoms with Gasteiger partial charge >= 0.3 is 0 Å². The summed E-state index contributed by atoms with van der Waals surface area (Å²) in [6.07, 6.45) is 3.96. The Kier molecular flexibility index (Phi) is 2.88. The first-order valence-electron chi connectivity index (χ1n) is 4.46. The lowest BCUT2D eigenvalue weighted by Crippen LogP contribution is -2.41. The zero-order chi connectivity index (χ0) is 8.32. The molecule has 0 heterocycles. The second-order valence-electron chi connectivity index (χ2n) is 4.10. The molecule has 0 aliphatic heterocycles. The van der Waals surface area contributed by atoms with Gasteiger partial charge in [0, 0.05) is 12.6 Å². The van der Waals surface area contributed by atoms with Gasteiger partial charge in [-0.15, -0.1) is 0 Å². The third-order valence-electron chi connectivity index (χ3n) is 2.67. The third-order valence-corrected chi connectivity index (χ3v) is 2.67. The van der Waals surface area contributed by atoms with Gasteiger partial charge in [-0.2, -0.15) is 0 Å². The maximum atomic E-state index is 12.0. The van der Waals surface area contributed by atoms with E-state index in [9.17, 15) is 4.39 Å². The molecule has 66 valence electrons. The summed E-state index contributed by atoms with van der Waals surface area (Å²) < 4.78 is 12.0. The fraction of sp³-hybridized carbons (Fsp3) is 1.00. The van der Waals surface area contributed by atoms with E-state index in [2.05, 4.69) is 12.2 Å². The van der Waals surface area contributed by atoms with Gasteiger partial charge in [-0.3, -0.25) is 0 Å². The molecule has 1 nitrogen and oxygen atoms in total. The summed E-state index contributed by atoms with van der Waals surface area (Å²) >= 11 is 0. The van der Waals surface area contributed by atoms with Crippen molar-refractivity contribution in [1.82, 2.24) is 5.32 Å². The molecular formula is C9H18FN. The molecule has 11 heavy (non-hydrogen) atoms. The SMILES string of the molecule is CC(CF)NCC1(C)CCC1. The predicted octanol–water partition coefficient (Wildman–Crippen LogP) is 2.12. The second-order valence-corrected chi connectivity index (χ2v) is 4.10. The zero-order valence-corrected chi connectivity index (χ0v) is 7.49. The van der Waals surface area contributed by atoms with Gasteiger partial charge in [-0.25, -0.2) is 4.39 Å². The maximum absolute atomic E-state index is 12.0. The first kappa shape index (κ1) is 8.98. The number of alkyl halides is 1. The quantitative estimate of drug-likeness (QED) is 0.662. The molecule has 0 aromatic heterocycles. The van der Waals surface area contributed by atoms with E-state index >= 15 is 0 Å². The van der Waals surface area contributed by atoms with E-state index in [1.807, 2.05) is 6.92 Å². The van der Waals surface area contributed by atoms with Crippen LogP contribution in [0.2, 0.25) is 0 Å². The summed E-state index contributed by atoms with van der Waals surface area (Å²) in [4.78, 5) is 0. The molecule has 1 atom stereocenters. The van der Waals surface area contributed by atoms with E-state index in [-0.39, 0.29) is 12.7 Å². The van der Waals surface area contributed by atoms with Crippen molar-refractivity contribution in [2.75, 3.05) is 13.2 Å². The van der Waals surface area contributed by atoms with Crippen LogP contribution in [0.4, 0.5) is 4.39 Å². The summed E-state index contributed by atoms with van der Waals surface area (Å²) in [5.74, 6) is 0. The molecular weight excluding hydrogens is 141 g/mol. The van der Waals surface area contributed by atoms with Crippen LogP contribution < -0.4 is 5.32 Å². The van der Waals surface area contributed by atoms with Gasteiger partial charge in [0.05, 0.1) is 0 Å². The van der Waals surface area contributed by atoms with E-state index in [0.29, 0.717) is 5.41 Å². The molecule has 1 aliphatic carbocycles. The van der Waals surface area contributed by atoms with Crippen LogP contribution in [0.25, 0.3) is 0 Å². The lowest BCUT2D eigenvalue weighted by Gasteiger charge is -2.39. The van der Waals surface area contributed by atoms with Crippen molar-refractivity contribution in [3.8, 4) is 0 Å². The van der Waals surface area contributed by atoms with Gasteiger partial charge < -0.3 is 5.32 Å². The van der Waals surface area contributed by atoms with E-state index in [0.717, 1.165) is 6.54 Å². The van der Waals surface area contributed by atoms with Crippen LogP contribution >= 0.6 is 0 Å². The van der Waals surface area contributed by atoms with Crippen LogP contribution in [-0.2, 0) is 0 Å². The lowest BCUT2D eigenvalue weighted by atomic mass is 9.70. The maximum Gasteiger partial charge on any atom is 0.104 e. The highest BCUT2D eigenvalue weighted by Crippen LogP contribution is 2.39. The molecule has 0 bridgehead atoms. The second kappa shape index (κ2) is 3.53. The van der Waals surface area contributed by atoms with Crippen molar-refractivity contribution in [2.24, 2.45) is 5.41 Å². The smallest absolute Gasteiger partial charge is 0.104 e. The molecule has 1 aliphatic rings. The first-order chi connectivity index (χ1) is 5.16. The summed E-state index contributed by atoms with van der Waals surface area (Å²) in [6.45, 7) is 4.89. The Hall–Kier alpha value is -0.110. The van der Waals surface area contributed by atoms with E-state index in [1.54, 1.807) is 0 Å². The third kappa shape index (κ3) is 2.44. The highest BCUT2D eigenvalue weighted by molar-refractivity contribution is 4.85. The highest BCUT2D eigenvalue weighted by atomic mass is 19.1. The lowest BCUT2D eigenvalue weighted by molar-refractivity contribution is 0.149. The van der Waals surface area contributed by atoms with Gasteiger partial charge in [-0.1, -0.05) is 13.3 Å². The number of rotatable bonds is 4. The topological polar surface area (TPSA) is 12.0 Å². The Morgan fingerprint density at radius 3 is 2.55 bits per heavy atom. The van der Waals surface area contributed by atoms with Gasteiger partial charge in [0.15, 0.2) is 0 Å². The molecule has 0 radical (unpaired) electrons. The van der Waals surface area contributed by atoms with Crippen molar-refractivity contribution >= 4 is 0 Å². The Balaban J connectivity index is 2.11. The van der Waals surface area contributed by atoms with Crippen LogP contribution in [0, 0.1) is 5.41 Å². The molecule has 1 unspecified atom stereocenters. The molecule has 0 saturated heterocycles. The Labute approximate surface area is 68.4 Å². The molecule has 1 saturated carbocycles. The zero-order valence-electron chi connectivity index (χ0n) is 7.49. The van der Waals surface area contributed by atoms with Crippen LogP contribution in [0.15, 0.2) is 0 Å². The van der Waals surface area contributed by atoms with Crippen molar-refractivity contribution < 1.29 is 4.39 Å². The van der Waals surface area contributed by atoms with Gasteiger partial charge in [0.2, 0.25) is 0 Å². The first-order valence-corrected chi connectivity index (χ1v) is 4.46. The average Bonchev–Trinajstić information content (AvgIpc) is 1.96. The minimum atomic E-state index is -0.254. The van der Waals surface area contributed by atoms with Crippen molar-refractivity contribution in [3.05, 3.63) is 0 Å². The van der Waals surface area contributed by atoms with E-state index in [4.69, 9.17) is 0 Å². The molecule has 0 spiro atoms. The van der Waals surface area contributed by atoms with Gasteiger partial charge in [0.1, 0.15) is 6.67 Å². The Morgan fingerprint density at radius 1 is 1.55 bits per heavy atom. The molecule has 0 aromatic carbocycles. The van der Waals surface area contributed by atoms with Crippen LogP contribution in [0.3, 0.4) is 0 Å². The molecule has 2 heteroatoms. The van der Waals surface area contributed by atoms with E-state index < -0.39 is 0 Å².